The third-order valence-electron chi connectivity index (χ3n) is 0.540. The lowest BCUT2D eigenvalue weighted by Crippen LogP contribution is -2.19. The summed E-state index contributed by atoms with van der Waals surface area (Å²) in [6.45, 7) is 0. The van der Waals surface area contributed by atoms with Crippen molar-refractivity contribution in [3.8, 4) is 0 Å². The molecule has 0 aliphatic carbocycles. The number of rotatable bonds is 2. The molecule has 42 valence electrons. The fourth-order valence-corrected chi connectivity index (χ4v) is 1.64. The summed E-state index contributed by atoms with van der Waals surface area (Å²) in [4.78, 5) is 0. The summed E-state index contributed by atoms with van der Waals surface area (Å²) in [5.41, 5.74) is 0. The van der Waals surface area contributed by atoms with E-state index in [-0.39, 0.29) is 0 Å². The molecule has 0 fully saturated rings. The molecule has 0 spiro atoms. The van der Waals surface area contributed by atoms with Crippen LogP contribution in [0, 0.1) is 0 Å². The van der Waals surface area contributed by atoms with Crippen molar-refractivity contribution in [2.75, 3.05) is 20.4 Å². The smallest absolute Gasteiger partial charge is 0.375 e. The molecule has 0 N–H and O–H groups in total. The second-order valence-electron chi connectivity index (χ2n) is 1.36. The van der Waals surface area contributed by atoms with Gasteiger partial charge in [-0.25, -0.2) is 0 Å². The van der Waals surface area contributed by atoms with Crippen LogP contribution in [0.5, 0.6) is 0 Å². The summed E-state index contributed by atoms with van der Waals surface area (Å²) in [5, 5.41) is 0. The average molecular weight is 135 g/mol. The highest BCUT2D eigenvalue weighted by atomic mass is 32.4. The van der Waals surface area contributed by atoms with E-state index >= 15 is 0 Å². The highest BCUT2D eigenvalue weighted by molar-refractivity contribution is 8.22. The van der Waals surface area contributed by atoms with Gasteiger partial charge in [-0.15, -0.1) is 11.2 Å². The van der Waals surface area contributed by atoms with Crippen LogP contribution in [-0.4, -0.2) is 32.9 Å². The van der Waals surface area contributed by atoms with Crippen LogP contribution in [0.3, 0.4) is 0 Å². The Balaban J connectivity index is 3.35. The van der Waals surface area contributed by atoms with Crippen LogP contribution in [0.15, 0.2) is 0 Å². The lowest BCUT2D eigenvalue weighted by molar-refractivity contribution is 0.509. The minimum Gasteiger partial charge on any atom is -0.375 e. The van der Waals surface area contributed by atoms with E-state index in [0.717, 1.165) is 0 Å². The van der Waals surface area contributed by atoms with Crippen molar-refractivity contribution in [3.05, 3.63) is 0 Å². The van der Waals surface area contributed by atoms with E-state index in [2.05, 4.69) is 0 Å². The number of hydrogen-bond donors (Lipinski definition) is 0. The first-order valence-electron chi connectivity index (χ1n) is 1.93. The van der Waals surface area contributed by atoms with Crippen molar-refractivity contribution in [1.82, 2.24) is 4.57 Å². The molecule has 0 aliphatic heterocycles. The predicted octanol–water partition coefficient (Wildman–Crippen LogP) is 0.326. The zero-order valence-electron chi connectivity index (χ0n) is 4.76. The standard InChI is InChI=1S/C3H9NOSSi/c1-4(2)7(5)6-3/h1-3H3. The predicted molar refractivity (Wildman–Crippen MR) is 33.6 cm³/mol. The van der Waals surface area contributed by atoms with Gasteiger partial charge in [-0.05, 0) is 6.26 Å². The Labute approximate surface area is 49.3 Å². The summed E-state index contributed by atoms with van der Waals surface area (Å²) in [6, 6.07) is 0. The highest BCUT2D eigenvalue weighted by Crippen LogP contribution is 1.91. The summed E-state index contributed by atoms with van der Waals surface area (Å²) >= 11 is 1.41. The number of nitrogens with zero attached hydrogens (tertiary/aromatic N) is 1. The fraction of sp³-hybridized carbons (Fsp3) is 1.00. The van der Waals surface area contributed by atoms with E-state index in [1.165, 1.54) is 11.2 Å². The van der Waals surface area contributed by atoms with Gasteiger partial charge in [0.25, 0.3) is 0 Å². The van der Waals surface area contributed by atoms with Gasteiger partial charge in [0.15, 0.2) is 0 Å². The molecular weight excluding hydrogens is 126 g/mol. The zero-order valence-corrected chi connectivity index (χ0v) is 6.58. The zero-order chi connectivity index (χ0) is 5.86. The lowest BCUT2D eigenvalue weighted by Gasteiger charge is -2.03. The second kappa shape index (κ2) is 3.21. The Morgan fingerprint density at radius 2 is 2.00 bits per heavy atom. The third-order valence-corrected chi connectivity index (χ3v) is 3.76. The molecule has 4 heteroatoms. The maximum atomic E-state index is 10.6. The van der Waals surface area contributed by atoms with Gasteiger partial charge in [0.05, 0.1) is 0 Å². The first-order chi connectivity index (χ1) is 3.18. The molecular formula is C3H9NOSSi. The largest absolute Gasteiger partial charge is 0.466 e. The Morgan fingerprint density at radius 1 is 1.57 bits per heavy atom. The molecule has 0 bridgehead atoms. The lowest BCUT2D eigenvalue weighted by atomic mass is 11.3. The topological polar surface area (TPSA) is 20.3 Å². The Bertz CT molecular complexity index is 75.3. The van der Waals surface area contributed by atoms with Crippen molar-refractivity contribution < 1.29 is 4.46 Å². The maximum Gasteiger partial charge on any atom is 0.466 e. The quantitative estimate of drug-likeness (QED) is 0.509. The van der Waals surface area contributed by atoms with Crippen molar-refractivity contribution in [1.29, 1.82) is 0 Å². The van der Waals surface area contributed by atoms with Gasteiger partial charge in [-0.1, -0.05) is 0 Å². The van der Waals surface area contributed by atoms with Crippen molar-refractivity contribution in [2.24, 2.45) is 0 Å². The average Bonchev–Trinajstić information content (AvgIpc) is 1.65. The first kappa shape index (κ1) is 7.17. The minimum absolute atomic E-state index is 1.41. The van der Waals surface area contributed by atoms with Gasteiger partial charge in [0.2, 0.25) is 0 Å². The van der Waals surface area contributed by atoms with Crippen LogP contribution in [0.1, 0.15) is 0 Å². The molecule has 0 saturated heterocycles. The maximum absolute atomic E-state index is 10.6. The molecule has 0 aromatic rings. The van der Waals surface area contributed by atoms with E-state index in [1.54, 1.807) is 4.57 Å². The van der Waals surface area contributed by atoms with E-state index < -0.39 is 7.99 Å². The van der Waals surface area contributed by atoms with E-state index in [1.807, 2.05) is 20.4 Å². The Hall–Kier alpha value is 0.167. The molecule has 0 aromatic carbocycles. The van der Waals surface area contributed by atoms with Crippen LogP contribution in [0.4, 0.5) is 0 Å². The first-order valence-corrected chi connectivity index (χ1v) is 5.24. The van der Waals surface area contributed by atoms with Gasteiger partial charge in [0.1, 0.15) is 0 Å². The van der Waals surface area contributed by atoms with Gasteiger partial charge < -0.3 is 9.03 Å². The van der Waals surface area contributed by atoms with Gasteiger partial charge in [-0.2, -0.15) is 0 Å². The highest BCUT2D eigenvalue weighted by Gasteiger charge is 2.01. The molecule has 0 rings (SSSR count). The van der Waals surface area contributed by atoms with Crippen molar-refractivity contribution >= 4 is 19.2 Å². The van der Waals surface area contributed by atoms with Crippen molar-refractivity contribution in [2.45, 2.75) is 0 Å². The molecule has 0 amide bonds. The van der Waals surface area contributed by atoms with Crippen LogP contribution >= 0.6 is 11.2 Å². The van der Waals surface area contributed by atoms with Crippen molar-refractivity contribution in [3.63, 3.8) is 0 Å². The molecule has 7 heavy (non-hydrogen) atoms. The number of hydrogen-bond acceptors (Lipinski definition) is 2. The summed E-state index contributed by atoms with van der Waals surface area (Å²) in [5.74, 6) is 0. The summed E-state index contributed by atoms with van der Waals surface area (Å²) in [7, 11) is 2.19. The Kier molecular flexibility index (Phi) is 3.28. The fourth-order valence-electron chi connectivity index (χ4n) is 0.183. The van der Waals surface area contributed by atoms with Crippen LogP contribution in [-0.2, 0) is 4.46 Å². The SMILES string of the molecule is CS[Si](=O)N(C)C. The minimum atomic E-state index is -1.45. The van der Waals surface area contributed by atoms with E-state index in [0.29, 0.717) is 0 Å². The normalized spacial score (nSPS) is 8.43. The molecule has 0 saturated carbocycles. The molecule has 0 atom stereocenters. The molecule has 0 aliphatic rings. The molecule has 0 unspecified atom stereocenters. The molecule has 2 nitrogen and oxygen atoms in total. The molecule has 0 aromatic heterocycles. The van der Waals surface area contributed by atoms with Crippen LogP contribution < -0.4 is 0 Å². The monoisotopic (exact) mass is 135 g/mol. The van der Waals surface area contributed by atoms with E-state index in [4.69, 9.17) is 0 Å². The Morgan fingerprint density at radius 3 is 2.00 bits per heavy atom. The second-order valence-corrected chi connectivity index (χ2v) is 5.47. The van der Waals surface area contributed by atoms with Crippen LogP contribution in [0.2, 0.25) is 0 Å². The van der Waals surface area contributed by atoms with Gasteiger partial charge in [-0.3, -0.25) is 0 Å². The molecule has 0 heterocycles. The van der Waals surface area contributed by atoms with Gasteiger partial charge in [0, 0.05) is 14.1 Å². The van der Waals surface area contributed by atoms with Gasteiger partial charge >= 0.3 is 7.99 Å². The summed E-state index contributed by atoms with van der Waals surface area (Å²) < 4.78 is 12.3. The molecule has 0 radical (unpaired) electrons. The summed E-state index contributed by atoms with van der Waals surface area (Å²) in [6.07, 6.45) is 1.85. The van der Waals surface area contributed by atoms with E-state index in [9.17, 15) is 4.46 Å². The third kappa shape index (κ3) is 2.82. The van der Waals surface area contributed by atoms with Crippen LogP contribution in [0.25, 0.3) is 0 Å².